The number of aromatic nitrogens is 2. The van der Waals surface area contributed by atoms with Crippen LogP contribution in [0.25, 0.3) is 0 Å². The predicted molar refractivity (Wildman–Crippen MR) is 63.9 cm³/mol. The van der Waals surface area contributed by atoms with Crippen LogP contribution in [0.3, 0.4) is 0 Å². The molecule has 0 spiro atoms. The number of aliphatic carboxylic acids is 1. The minimum absolute atomic E-state index is 0.00361. The Morgan fingerprint density at radius 2 is 2.00 bits per heavy atom. The zero-order valence-electron chi connectivity index (χ0n) is 9.89. The number of rotatable bonds is 5. The highest BCUT2D eigenvalue weighted by Crippen LogP contribution is 2.19. The lowest BCUT2D eigenvalue weighted by Gasteiger charge is -2.16. The molecule has 1 aromatic heterocycles. The summed E-state index contributed by atoms with van der Waals surface area (Å²) in [4.78, 5) is 15.2. The van der Waals surface area contributed by atoms with E-state index in [2.05, 4.69) is 14.7 Å². The number of carboxylic acids is 1. The maximum absolute atomic E-state index is 11.0. The second-order valence-corrected chi connectivity index (χ2v) is 5.07. The van der Waals surface area contributed by atoms with Crippen molar-refractivity contribution in [1.29, 1.82) is 0 Å². The minimum atomic E-state index is -0.865. The molecule has 1 aromatic rings. The topological polar surface area (TPSA) is 75.1 Å². The summed E-state index contributed by atoms with van der Waals surface area (Å²) in [6.07, 6.45) is 0. The van der Waals surface area contributed by atoms with Gasteiger partial charge in [-0.1, -0.05) is 27.7 Å². The fourth-order valence-electron chi connectivity index (χ4n) is 1.17. The molecule has 1 heterocycles. The molecule has 0 fully saturated rings. The molecule has 1 atom stereocenters. The van der Waals surface area contributed by atoms with Crippen LogP contribution in [0.4, 0.5) is 5.13 Å². The van der Waals surface area contributed by atoms with Crippen molar-refractivity contribution in [3.05, 3.63) is 5.82 Å². The van der Waals surface area contributed by atoms with Crippen molar-refractivity contribution in [2.45, 2.75) is 39.7 Å². The monoisotopic (exact) mass is 243 g/mol. The van der Waals surface area contributed by atoms with Gasteiger partial charge in [0.15, 0.2) is 0 Å². The summed E-state index contributed by atoms with van der Waals surface area (Å²) in [7, 11) is 0. The molecule has 0 saturated carbocycles. The van der Waals surface area contributed by atoms with Gasteiger partial charge in [-0.2, -0.15) is 4.37 Å². The summed E-state index contributed by atoms with van der Waals surface area (Å²) in [6.45, 7) is 7.72. The van der Waals surface area contributed by atoms with Crippen LogP contribution in [-0.4, -0.2) is 26.5 Å². The van der Waals surface area contributed by atoms with Crippen LogP contribution >= 0.6 is 11.5 Å². The van der Waals surface area contributed by atoms with Gasteiger partial charge >= 0.3 is 5.97 Å². The molecule has 0 aliphatic carbocycles. The lowest BCUT2D eigenvalue weighted by Crippen LogP contribution is -2.34. The average molecular weight is 243 g/mol. The lowest BCUT2D eigenvalue weighted by molar-refractivity contribution is -0.138. The third-order valence-corrected chi connectivity index (χ3v) is 2.83. The Hall–Kier alpha value is -1.17. The van der Waals surface area contributed by atoms with Crippen molar-refractivity contribution in [2.24, 2.45) is 5.92 Å². The second kappa shape index (κ2) is 5.25. The molecule has 0 bridgehead atoms. The van der Waals surface area contributed by atoms with Crippen LogP contribution in [0.2, 0.25) is 0 Å². The normalized spacial score (nSPS) is 13.1. The SMILES string of the molecule is CC(C)c1nsc(NC(C(=O)O)C(C)C)n1. The number of carboxylic acid groups (broad SMARTS) is 1. The fraction of sp³-hybridized carbons (Fsp3) is 0.700. The molecular weight excluding hydrogens is 226 g/mol. The molecular formula is C10H17N3O2S. The highest BCUT2D eigenvalue weighted by Gasteiger charge is 2.22. The van der Waals surface area contributed by atoms with Crippen molar-refractivity contribution in [3.8, 4) is 0 Å². The number of hydrogen-bond acceptors (Lipinski definition) is 5. The third-order valence-electron chi connectivity index (χ3n) is 2.17. The zero-order valence-corrected chi connectivity index (χ0v) is 10.7. The highest BCUT2D eigenvalue weighted by atomic mass is 32.1. The van der Waals surface area contributed by atoms with Crippen molar-refractivity contribution < 1.29 is 9.90 Å². The van der Waals surface area contributed by atoms with Crippen LogP contribution in [0.1, 0.15) is 39.4 Å². The van der Waals surface area contributed by atoms with Crippen molar-refractivity contribution in [3.63, 3.8) is 0 Å². The summed E-state index contributed by atoms with van der Waals surface area (Å²) in [5, 5.41) is 12.5. The van der Waals surface area contributed by atoms with E-state index in [4.69, 9.17) is 5.11 Å². The second-order valence-electron chi connectivity index (χ2n) is 4.32. The van der Waals surface area contributed by atoms with Crippen LogP contribution in [-0.2, 0) is 4.79 Å². The summed E-state index contributed by atoms with van der Waals surface area (Å²) in [5.41, 5.74) is 0. The first kappa shape index (κ1) is 12.9. The van der Waals surface area contributed by atoms with Gasteiger partial charge in [0.1, 0.15) is 11.9 Å². The summed E-state index contributed by atoms with van der Waals surface area (Å²) >= 11 is 1.21. The van der Waals surface area contributed by atoms with Crippen molar-refractivity contribution in [2.75, 3.05) is 5.32 Å². The molecule has 5 nitrogen and oxygen atoms in total. The fourth-order valence-corrected chi connectivity index (χ4v) is 1.92. The smallest absolute Gasteiger partial charge is 0.326 e. The first-order valence-electron chi connectivity index (χ1n) is 5.24. The summed E-state index contributed by atoms with van der Waals surface area (Å²) < 4.78 is 4.16. The maximum Gasteiger partial charge on any atom is 0.326 e. The van der Waals surface area contributed by atoms with E-state index < -0.39 is 12.0 Å². The van der Waals surface area contributed by atoms with E-state index in [9.17, 15) is 4.79 Å². The molecule has 90 valence electrons. The quantitative estimate of drug-likeness (QED) is 0.829. The first-order valence-corrected chi connectivity index (χ1v) is 6.02. The van der Waals surface area contributed by atoms with E-state index in [1.807, 2.05) is 27.7 Å². The van der Waals surface area contributed by atoms with Gasteiger partial charge in [0.25, 0.3) is 0 Å². The van der Waals surface area contributed by atoms with Gasteiger partial charge in [0.2, 0.25) is 5.13 Å². The Morgan fingerprint density at radius 3 is 2.38 bits per heavy atom. The van der Waals surface area contributed by atoms with Gasteiger partial charge in [0, 0.05) is 17.5 Å². The van der Waals surface area contributed by atoms with E-state index in [1.165, 1.54) is 11.5 Å². The Bertz CT molecular complexity index is 363. The molecule has 0 aliphatic heterocycles. The molecule has 0 aromatic carbocycles. The van der Waals surface area contributed by atoms with Gasteiger partial charge < -0.3 is 10.4 Å². The van der Waals surface area contributed by atoms with E-state index in [0.717, 1.165) is 5.82 Å². The van der Waals surface area contributed by atoms with Crippen LogP contribution < -0.4 is 5.32 Å². The van der Waals surface area contributed by atoms with Crippen molar-refractivity contribution >= 4 is 22.6 Å². The summed E-state index contributed by atoms with van der Waals surface area (Å²) in [6, 6.07) is -0.618. The van der Waals surface area contributed by atoms with Crippen LogP contribution in [0, 0.1) is 5.92 Å². The number of anilines is 1. The Balaban J connectivity index is 2.74. The third kappa shape index (κ3) is 3.16. The molecule has 6 heteroatoms. The number of nitrogens with one attached hydrogen (secondary N) is 1. The van der Waals surface area contributed by atoms with Gasteiger partial charge in [-0.25, -0.2) is 9.78 Å². The average Bonchev–Trinajstić information content (AvgIpc) is 2.61. The molecule has 0 radical (unpaired) electrons. The largest absolute Gasteiger partial charge is 0.480 e. The molecule has 0 saturated heterocycles. The van der Waals surface area contributed by atoms with Gasteiger partial charge in [-0.3, -0.25) is 0 Å². The molecule has 0 amide bonds. The Kier molecular flexibility index (Phi) is 4.23. The van der Waals surface area contributed by atoms with E-state index >= 15 is 0 Å². The number of hydrogen-bond donors (Lipinski definition) is 2. The van der Waals surface area contributed by atoms with Gasteiger partial charge in [0.05, 0.1) is 0 Å². The van der Waals surface area contributed by atoms with Gasteiger partial charge in [-0.15, -0.1) is 0 Å². The molecule has 16 heavy (non-hydrogen) atoms. The summed E-state index contributed by atoms with van der Waals surface area (Å²) in [5.74, 6) is 0.148. The molecule has 1 unspecified atom stereocenters. The minimum Gasteiger partial charge on any atom is -0.480 e. The lowest BCUT2D eigenvalue weighted by atomic mass is 10.1. The Morgan fingerprint density at radius 1 is 1.38 bits per heavy atom. The standard InChI is InChI=1S/C10H17N3O2S/c1-5(2)7(9(14)15)11-10-12-8(6(3)4)13-16-10/h5-7H,1-4H3,(H,14,15)(H,11,12,13). The Labute approximate surface area is 99.1 Å². The van der Waals surface area contributed by atoms with E-state index in [0.29, 0.717) is 5.13 Å². The zero-order chi connectivity index (χ0) is 12.3. The molecule has 1 rings (SSSR count). The van der Waals surface area contributed by atoms with Crippen molar-refractivity contribution in [1.82, 2.24) is 9.36 Å². The van der Waals surface area contributed by atoms with E-state index in [1.54, 1.807) is 0 Å². The number of carbonyl (C=O) groups is 1. The van der Waals surface area contributed by atoms with E-state index in [-0.39, 0.29) is 11.8 Å². The predicted octanol–water partition coefficient (Wildman–Crippen LogP) is 2.18. The number of nitrogens with zero attached hydrogens (tertiary/aromatic N) is 2. The maximum atomic E-state index is 11.0. The first-order chi connectivity index (χ1) is 7.41. The van der Waals surface area contributed by atoms with Gasteiger partial charge in [-0.05, 0) is 5.92 Å². The highest BCUT2D eigenvalue weighted by molar-refractivity contribution is 7.09. The van der Waals surface area contributed by atoms with Crippen LogP contribution in [0.5, 0.6) is 0 Å². The molecule has 0 aliphatic rings. The van der Waals surface area contributed by atoms with Crippen LogP contribution in [0.15, 0.2) is 0 Å². The molecule has 2 N–H and O–H groups in total.